The molecule has 100 valence electrons. The van der Waals surface area contributed by atoms with Crippen molar-refractivity contribution in [3.05, 3.63) is 0 Å². The molecule has 3 N–H and O–H groups in total. The second-order valence-electron chi connectivity index (χ2n) is 5.01. The summed E-state index contributed by atoms with van der Waals surface area (Å²) < 4.78 is 0. The summed E-state index contributed by atoms with van der Waals surface area (Å²) in [4.78, 5) is 36.1. The van der Waals surface area contributed by atoms with Gasteiger partial charge in [-0.1, -0.05) is 12.8 Å². The summed E-state index contributed by atoms with van der Waals surface area (Å²) in [6, 6.07) is -0.455. The van der Waals surface area contributed by atoms with E-state index in [1.54, 1.807) is 0 Å². The molecule has 1 saturated heterocycles. The minimum absolute atomic E-state index is 0.193. The predicted molar refractivity (Wildman–Crippen MR) is 64.3 cm³/mol. The van der Waals surface area contributed by atoms with Crippen molar-refractivity contribution in [1.29, 1.82) is 0 Å². The number of nitrogens with two attached hydrogens (primary N) is 1. The predicted octanol–water partition coefficient (Wildman–Crippen LogP) is -0.479. The maximum Gasteiger partial charge on any atom is 0.246 e. The maximum absolute atomic E-state index is 11.8. The zero-order valence-electron chi connectivity index (χ0n) is 10.4. The third-order valence-electron chi connectivity index (χ3n) is 3.58. The zero-order chi connectivity index (χ0) is 13.1. The van der Waals surface area contributed by atoms with Gasteiger partial charge in [0, 0.05) is 12.5 Å². The summed E-state index contributed by atoms with van der Waals surface area (Å²) >= 11 is 0. The lowest BCUT2D eigenvalue weighted by Gasteiger charge is -2.28. The van der Waals surface area contributed by atoms with Gasteiger partial charge in [0.2, 0.25) is 17.7 Å². The average Bonchev–Trinajstić information content (AvgIpc) is 2.82. The lowest BCUT2D eigenvalue weighted by atomic mass is 10.1. The lowest BCUT2D eigenvalue weighted by molar-refractivity contribution is -0.151. The monoisotopic (exact) mass is 253 g/mol. The molecule has 0 radical (unpaired) electrons. The molecular weight excluding hydrogens is 234 g/mol. The summed E-state index contributed by atoms with van der Waals surface area (Å²) in [5.74, 6) is -1.01. The van der Waals surface area contributed by atoms with E-state index in [9.17, 15) is 14.4 Å². The summed E-state index contributed by atoms with van der Waals surface area (Å²) in [5.41, 5.74) is 5.60. The molecule has 0 spiro atoms. The lowest BCUT2D eigenvalue weighted by Crippen LogP contribution is -2.54. The minimum Gasteiger partial charge on any atom is -0.352 e. The molecule has 0 bridgehead atoms. The number of rotatable bonds is 3. The Bertz CT molecular complexity index is 364. The van der Waals surface area contributed by atoms with Crippen LogP contribution in [0.3, 0.4) is 0 Å². The molecule has 3 amide bonds. The van der Waals surface area contributed by atoms with Crippen molar-refractivity contribution < 1.29 is 14.4 Å². The SMILES string of the molecule is NC1CCC(=O)N(CC(=O)NC2CCCC2)C1=O. The molecule has 0 aromatic rings. The molecule has 0 aromatic carbocycles. The van der Waals surface area contributed by atoms with Gasteiger partial charge in [0.1, 0.15) is 6.54 Å². The van der Waals surface area contributed by atoms with Gasteiger partial charge in [-0.15, -0.1) is 0 Å². The molecule has 1 aliphatic carbocycles. The van der Waals surface area contributed by atoms with E-state index in [0.717, 1.165) is 30.6 Å². The first kappa shape index (κ1) is 13.0. The van der Waals surface area contributed by atoms with Gasteiger partial charge in [-0.3, -0.25) is 19.3 Å². The normalized spacial score (nSPS) is 25.6. The molecule has 1 aliphatic heterocycles. The number of carbonyl (C=O) groups excluding carboxylic acids is 3. The number of piperidine rings is 1. The van der Waals surface area contributed by atoms with Gasteiger partial charge >= 0.3 is 0 Å². The van der Waals surface area contributed by atoms with E-state index in [1.165, 1.54) is 0 Å². The number of imide groups is 1. The van der Waals surface area contributed by atoms with Crippen LogP contribution in [-0.2, 0) is 14.4 Å². The first-order valence-electron chi connectivity index (χ1n) is 6.47. The molecule has 2 fully saturated rings. The second kappa shape index (κ2) is 5.48. The van der Waals surface area contributed by atoms with Crippen molar-refractivity contribution in [2.45, 2.75) is 50.6 Å². The van der Waals surface area contributed by atoms with Gasteiger partial charge in [0.05, 0.1) is 6.04 Å². The Labute approximate surface area is 106 Å². The quantitative estimate of drug-likeness (QED) is 0.664. The van der Waals surface area contributed by atoms with Crippen LogP contribution < -0.4 is 11.1 Å². The smallest absolute Gasteiger partial charge is 0.246 e. The van der Waals surface area contributed by atoms with Crippen LogP contribution in [0.5, 0.6) is 0 Å². The van der Waals surface area contributed by atoms with Crippen LogP contribution in [0.15, 0.2) is 0 Å². The van der Waals surface area contributed by atoms with Crippen LogP contribution in [0.4, 0.5) is 0 Å². The number of likely N-dealkylation sites (tertiary alicyclic amines) is 1. The van der Waals surface area contributed by atoms with Crippen molar-refractivity contribution in [3.8, 4) is 0 Å². The second-order valence-corrected chi connectivity index (χ2v) is 5.01. The molecule has 1 atom stereocenters. The molecule has 1 heterocycles. The Morgan fingerprint density at radius 2 is 1.94 bits per heavy atom. The zero-order valence-corrected chi connectivity index (χ0v) is 10.4. The Hall–Kier alpha value is -1.43. The van der Waals surface area contributed by atoms with Gasteiger partial charge in [-0.25, -0.2) is 0 Å². The Morgan fingerprint density at radius 3 is 2.61 bits per heavy atom. The van der Waals surface area contributed by atoms with Crippen molar-refractivity contribution in [3.63, 3.8) is 0 Å². The Morgan fingerprint density at radius 1 is 1.28 bits per heavy atom. The van der Waals surface area contributed by atoms with Crippen LogP contribution in [0, 0.1) is 0 Å². The van der Waals surface area contributed by atoms with Crippen LogP contribution in [-0.4, -0.2) is 41.2 Å². The highest BCUT2D eigenvalue weighted by atomic mass is 16.2. The van der Waals surface area contributed by atoms with E-state index in [2.05, 4.69) is 5.32 Å². The summed E-state index contributed by atoms with van der Waals surface area (Å²) in [6.07, 6.45) is 4.82. The van der Waals surface area contributed by atoms with Gasteiger partial charge in [0.15, 0.2) is 0 Å². The van der Waals surface area contributed by atoms with E-state index in [4.69, 9.17) is 5.73 Å². The highest BCUT2D eigenvalue weighted by Gasteiger charge is 2.33. The molecule has 1 saturated carbocycles. The summed E-state index contributed by atoms with van der Waals surface area (Å²) in [6.45, 7) is -0.193. The minimum atomic E-state index is -0.651. The molecular formula is C12H19N3O3. The average molecular weight is 253 g/mol. The van der Waals surface area contributed by atoms with Crippen molar-refractivity contribution in [2.24, 2.45) is 5.73 Å². The van der Waals surface area contributed by atoms with E-state index in [0.29, 0.717) is 6.42 Å². The van der Waals surface area contributed by atoms with E-state index >= 15 is 0 Å². The number of hydrogen-bond acceptors (Lipinski definition) is 4. The number of nitrogens with zero attached hydrogens (tertiary/aromatic N) is 1. The fourth-order valence-corrected chi connectivity index (χ4v) is 2.51. The van der Waals surface area contributed by atoms with E-state index < -0.39 is 11.9 Å². The molecule has 2 rings (SSSR count). The van der Waals surface area contributed by atoms with Crippen molar-refractivity contribution in [2.75, 3.05) is 6.54 Å². The van der Waals surface area contributed by atoms with Crippen molar-refractivity contribution in [1.82, 2.24) is 10.2 Å². The standard InChI is InChI=1S/C12H19N3O3/c13-9-5-6-11(17)15(12(9)18)7-10(16)14-8-3-1-2-4-8/h8-9H,1-7,13H2,(H,14,16). The summed E-state index contributed by atoms with van der Waals surface area (Å²) in [7, 11) is 0. The molecule has 0 aromatic heterocycles. The van der Waals surface area contributed by atoms with Gasteiger partial charge < -0.3 is 11.1 Å². The third kappa shape index (κ3) is 2.87. The van der Waals surface area contributed by atoms with Crippen LogP contribution in [0.25, 0.3) is 0 Å². The fourth-order valence-electron chi connectivity index (χ4n) is 2.51. The number of carbonyl (C=O) groups is 3. The van der Waals surface area contributed by atoms with Gasteiger partial charge in [-0.2, -0.15) is 0 Å². The number of hydrogen-bond donors (Lipinski definition) is 2. The Kier molecular flexibility index (Phi) is 3.96. The topological polar surface area (TPSA) is 92.5 Å². The summed E-state index contributed by atoms with van der Waals surface area (Å²) in [5, 5.41) is 2.86. The largest absolute Gasteiger partial charge is 0.352 e. The van der Waals surface area contributed by atoms with E-state index in [1.807, 2.05) is 0 Å². The van der Waals surface area contributed by atoms with Crippen LogP contribution in [0.1, 0.15) is 38.5 Å². The third-order valence-corrected chi connectivity index (χ3v) is 3.58. The van der Waals surface area contributed by atoms with Crippen LogP contribution >= 0.6 is 0 Å². The highest BCUT2D eigenvalue weighted by molar-refractivity contribution is 6.03. The molecule has 2 aliphatic rings. The fraction of sp³-hybridized carbons (Fsp3) is 0.750. The number of amides is 3. The van der Waals surface area contributed by atoms with E-state index in [-0.39, 0.29) is 30.8 Å². The molecule has 1 unspecified atom stereocenters. The maximum atomic E-state index is 11.8. The molecule has 6 nitrogen and oxygen atoms in total. The molecule has 18 heavy (non-hydrogen) atoms. The van der Waals surface area contributed by atoms with Crippen LogP contribution in [0.2, 0.25) is 0 Å². The first-order valence-corrected chi connectivity index (χ1v) is 6.47. The number of nitrogens with one attached hydrogen (secondary N) is 1. The van der Waals surface area contributed by atoms with Crippen molar-refractivity contribution >= 4 is 17.7 Å². The van der Waals surface area contributed by atoms with Gasteiger partial charge in [0.25, 0.3) is 0 Å². The highest BCUT2D eigenvalue weighted by Crippen LogP contribution is 2.17. The molecule has 6 heteroatoms. The van der Waals surface area contributed by atoms with Gasteiger partial charge in [-0.05, 0) is 19.3 Å². The first-order chi connectivity index (χ1) is 8.58. The Balaban J connectivity index is 1.88.